The van der Waals surface area contributed by atoms with Gasteiger partial charge in [-0.25, -0.2) is 16.8 Å². The maximum atomic E-state index is 13.1. The molecule has 0 amide bonds. The van der Waals surface area contributed by atoms with Gasteiger partial charge in [0.25, 0.3) is 10.0 Å². The molecule has 0 radical (unpaired) electrons. The van der Waals surface area contributed by atoms with Crippen molar-refractivity contribution in [2.24, 2.45) is 0 Å². The molecule has 162 valence electrons. The lowest BCUT2D eigenvalue weighted by Crippen LogP contribution is -2.38. The van der Waals surface area contributed by atoms with E-state index >= 15 is 0 Å². The summed E-state index contributed by atoms with van der Waals surface area (Å²) in [5, 5.41) is 0. The van der Waals surface area contributed by atoms with Crippen molar-refractivity contribution in [1.82, 2.24) is 0 Å². The van der Waals surface area contributed by atoms with Crippen molar-refractivity contribution in [3.8, 4) is 11.5 Å². The third-order valence-electron chi connectivity index (χ3n) is 5.15. The van der Waals surface area contributed by atoms with E-state index in [0.717, 1.165) is 6.42 Å². The van der Waals surface area contributed by atoms with Crippen LogP contribution in [0.15, 0.2) is 35.2 Å². The molecule has 0 bridgehead atoms. The zero-order chi connectivity index (χ0) is 21.5. The van der Waals surface area contributed by atoms with Crippen molar-refractivity contribution in [2.75, 3.05) is 34.5 Å². The molecular weight excluding hydrogens is 428 g/mol. The topological polar surface area (TPSA) is 102 Å². The summed E-state index contributed by atoms with van der Waals surface area (Å²) in [7, 11) is -7.27. The number of anilines is 2. The first-order valence-electron chi connectivity index (χ1n) is 9.71. The molecule has 0 unspecified atom stereocenters. The highest BCUT2D eigenvalue weighted by molar-refractivity contribution is 7.93. The van der Waals surface area contributed by atoms with E-state index in [0.29, 0.717) is 60.2 Å². The first-order valence-corrected chi connectivity index (χ1v) is 12.8. The lowest BCUT2D eigenvalue weighted by atomic mass is 10.1. The fourth-order valence-corrected chi connectivity index (χ4v) is 7.02. The lowest BCUT2D eigenvalue weighted by molar-refractivity contribution is 0.171. The quantitative estimate of drug-likeness (QED) is 0.765. The number of aryl methyl sites for hydroxylation is 2. The van der Waals surface area contributed by atoms with Crippen molar-refractivity contribution in [3.63, 3.8) is 0 Å². The second-order valence-electron chi connectivity index (χ2n) is 7.47. The van der Waals surface area contributed by atoms with Crippen molar-refractivity contribution >= 4 is 31.4 Å². The summed E-state index contributed by atoms with van der Waals surface area (Å²) in [5.41, 5.74) is 1.83. The fraction of sp³-hybridized carbons (Fsp3) is 0.400. The van der Waals surface area contributed by atoms with E-state index in [1.807, 2.05) is 0 Å². The van der Waals surface area contributed by atoms with Crippen LogP contribution in [0.2, 0.25) is 0 Å². The van der Waals surface area contributed by atoms with E-state index in [2.05, 4.69) is 4.72 Å². The molecule has 1 fully saturated rings. The van der Waals surface area contributed by atoms with Gasteiger partial charge in [0.1, 0.15) is 13.2 Å². The van der Waals surface area contributed by atoms with E-state index in [4.69, 9.17) is 9.47 Å². The summed E-state index contributed by atoms with van der Waals surface area (Å²) >= 11 is 0. The van der Waals surface area contributed by atoms with Crippen LogP contribution in [0.3, 0.4) is 0 Å². The molecule has 2 heterocycles. The molecule has 1 saturated heterocycles. The largest absolute Gasteiger partial charge is 0.486 e. The number of nitrogens with one attached hydrogen (secondary N) is 1. The Bertz CT molecular complexity index is 1170. The van der Waals surface area contributed by atoms with Gasteiger partial charge >= 0.3 is 0 Å². The maximum absolute atomic E-state index is 13.1. The van der Waals surface area contributed by atoms with Gasteiger partial charge in [-0.05, 0) is 62.1 Å². The summed E-state index contributed by atoms with van der Waals surface area (Å²) in [6.07, 6.45) is 1.42. The zero-order valence-corrected chi connectivity index (χ0v) is 18.5. The molecule has 0 atom stereocenters. The Labute approximate surface area is 176 Å². The Kier molecular flexibility index (Phi) is 5.31. The molecule has 0 aliphatic carbocycles. The highest BCUT2D eigenvalue weighted by Gasteiger charge is 2.28. The molecule has 10 heteroatoms. The zero-order valence-electron chi connectivity index (χ0n) is 16.8. The van der Waals surface area contributed by atoms with Gasteiger partial charge in [0.15, 0.2) is 11.5 Å². The van der Waals surface area contributed by atoms with Crippen LogP contribution < -0.4 is 18.5 Å². The van der Waals surface area contributed by atoms with Crippen LogP contribution in [-0.4, -0.2) is 42.3 Å². The van der Waals surface area contributed by atoms with Gasteiger partial charge in [0.05, 0.1) is 22.0 Å². The number of hydrogen-bond acceptors (Lipinski definition) is 6. The summed E-state index contributed by atoms with van der Waals surface area (Å²) in [5.74, 6) is 1.17. The SMILES string of the molecule is Cc1cc(N2CCCCS2(=O)=O)cc(C)c1S(=O)(=O)Nc1ccc2c(c1)OCCO2. The van der Waals surface area contributed by atoms with E-state index in [1.54, 1.807) is 44.2 Å². The summed E-state index contributed by atoms with van der Waals surface area (Å²) in [4.78, 5) is 0.135. The average molecular weight is 453 g/mol. The molecular formula is C20H24N2O6S2. The molecule has 2 aliphatic rings. The number of hydrogen-bond donors (Lipinski definition) is 1. The summed E-state index contributed by atoms with van der Waals surface area (Å²) in [6, 6.07) is 8.11. The second-order valence-corrected chi connectivity index (χ2v) is 11.1. The lowest BCUT2D eigenvalue weighted by Gasteiger charge is -2.29. The number of benzene rings is 2. The van der Waals surface area contributed by atoms with Crippen LogP contribution >= 0.6 is 0 Å². The number of sulfonamides is 2. The maximum Gasteiger partial charge on any atom is 0.262 e. The van der Waals surface area contributed by atoms with Gasteiger partial charge in [0, 0.05) is 12.6 Å². The van der Waals surface area contributed by atoms with Crippen LogP contribution in [-0.2, 0) is 20.0 Å². The van der Waals surface area contributed by atoms with E-state index in [1.165, 1.54) is 4.31 Å². The monoisotopic (exact) mass is 452 g/mol. The van der Waals surface area contributed by atoms with Crippen molar-refractivity contribution in [1.29, 1.82) is 0 Å². The van der Waals surface area contributed by atoms with Crippen molar-refractivity contribution in [2.45, 2.75) is 31.6 Å². The number of nitrogens with zero attached hydrogens (tertiary/aromatic N) is 1. The predicted octanol–water partition coefficient (Wildman–Crippen LogP) is 2.81. The highest BCUT2D eigenvalue weighted by atomic mass is 32.2. The van der Waals surface area contributed by atoms with E-state index in [-0.39, 0.29) is 10.6 Å². The summed E-state index contributed by atoms with van der Waals surface area (Å²) in [6.45, 7) is 4.61. The van der Waals surface area contributed by atoms with Gasteiger partial charge in [0.2, 0.25) is 10.0 Å². The first kappa shape index (κ1) is 20.8. The average Bonchev–Trinajstić information content (AvgIpc) is 2.66. The smallest absolute Gasteiger partial charge is 0.262 e. The summed E-state index contributed by atoms with van der Waals surface area (Å²) < 4.78 is 66.0. The van der Waals surface area contributed by atoms with E-state index < -0.39 is 20.0 Å². The molecule has 8 nitrogen and oxygen atoms in total. The number of rotatable bonds is 4. The number of fused-ring (bicyclic) bond motifs is 1. The van der Waals surface area contributed by atoms with Gasteiger partial charge in [-0.2, -0.15) is 0 Å². The van der Waals surface area contributed by atoms with Crippen LogP contribution in [0.1, 0.15) is 24.0 Å². The van der Waals surface area contributed by atoms with Gasteiger partial charge in [-0.3, -0.25) is 9.03 Å². The minimum absolute atomic E-state index is 0.108. The van der Waals surface area contributed by atoms with Crippen LogP contribution in [0, 0.1) is 13.8 Å². The Morgan fingerprint density at radius 3 is 2.30 bits per heavy atom. The van der Waals surface area contributed by atoms with Gasteiger partial charge < -0.3 is 9.47 Å². The molecule has 0 aromatic heterocycles. The standard InChI is InChI=1S/C20H24N2O6S2/c1-14-11-17(22-7-3-4-10-29(22,23)24)12-15(2)20(14)30(25,26)21-16-5-6-18-19(13-16)28-9-8-27-18/h5-6,11-13,21H,3-4,7-10H2,1-2H3. The second kappa shape index (κ2) is 7.66. The molecule has 4 rings (SSSR count). The Hall–Kier alpha value is -2.46. The minimum Gasteiger partial charge on any atom is -0.486 e. The van der Waals surface area contributed by atoms with Crippen LogP contribution in [0.25, 0.3) is 0 Å². The van der Waals surface area contributed by atoms with Crippen molar-refractivity contribution < 1.29 is 26.3 Å². The Morgan fingerprint density at radius 2 is 1.63 bits per heavy atom. The molecule has 30 heavy (non-hydrogen) atoms. The normalized spacial score (nSPS) is 18.1. The van der Waals surface area contributed by atoms with Gasteiger partial charge in [-0.15, -0.1) is 0 Å². The van der Waals surface area contributed by atoms with Gasteiger partial charge in [-0.1, -0.05) is 0 Å². The molecule has 2 aromatic rings. The molecule has 0 spiro atoms. The molecule has 1 N–H and O–H groups in total. The fourth-order valence-electron chi connectivity index (χ4n) is 3.89. The van der Waals surface area contributed by atoms with E-state index in [9.17, 15) is 16.8 Å². The number of ether oxygens (including phenoxy) is 2. The Morgan fingerprint density at radius 1 is 0.967 bits per heavy atom. The molecule has 2 aliphatic heterocycles. The molecule has 2 aromatic carbocycles. The minimum atomic E-state index is -3.89. The predicted molar refractivity (Wildman–Crippen MR) is 115 cm³/mol. The van der Waals surface area contributed by atoms with Crippen LogP contribution in [0.4, 0.5) is 11.4 Å². The first-order chi connectivity index (χ1) is 14.2. The molecule has 0 saturated carbocycles. The third-order valence-corrected chi connectivity index (χ3v) is 8.70. The van der Waals surface area contributed by atoms with Crippen LogP contribution in [0.5, 0.6) is 11.5 Å². The Balaban J connectivity index is 1.66. The van der Waals surface area contributed by atoms with Crippen molar-refractivity contribution in [3.05, 3.63) is 41.5 Å². The third kappa shape index (κ3) is 3.93. The highest BCUT2D eigenvalue weighted by Crippen LogP contribution is 2.35.